The van der Waals surface area contributed by atoms with Crippen LogP contribution in [0.2, 0.25) is 5.02 Å². The normalized spacial score (nSPS) is 13.3. The fourth-order valence-corrected chi connectivity index (χ4v) is 4.48. The summed E-state index contributed by atoms with van der Waals surface area (Å²) in [5.74, 6) is 0.205. The second-order valence-corrected chi connectivity index (χ2v) is 9.02. The molecule has 3 N–H and O–H groups in total. The summed E-state index contributed by atoms with van der Waals surface area (Å²) < 4.78 is 0. The molecule has 0 bridgehead atoms. The quantitative estimate of drug-likeness (QED) is 0.312. The maximum atomic E-state index is 13.0. The topological polar surface area (TPSA) is 86.9 Å². The standard InChI is InChI=1S/C29H25ClN4O2/c30-21-10-4-9-19(17-21)15-16-31-23-12-6-14-25(35)26(23)28-33-24-13-5-11-22(27(24)34-28)29(36)32-18-20-7-2-1-3-8-20/h1-13,17,31H,14-16,18H2,(H,32,36)(H,33,34). The predicted molar refractivity (Wildman–Crippen MR) is 143 cm³/mol. The zero-order valence-electron chi connectivity index (χ0n) is 19.6. The molecule has 1 aliphatic rings. The van der Waals surface area contributed by atoms with Gasteiger partial charge in [0.15, 0.2) is 5.78 Å². The van der Waals surface area contributed by atoms with Gasteiger partial charge >= 0.3 is 0 Å². The number of rotatable bonds is 8. The molecule has 1 heterocycles. The average molecular weight is 497 g/mol. The first-order valence-electron chi connectivity index (χ1n) is 11.8. The monoisotopic (exact) mass is 496 g/mol. The van der Waals surface area contributed by atoms with E-state index in [1.807, 2.05) is 78.9 Å². The molecule has 1 amide bonds. The number of benzene rings is 3. The Labute approximate surface area is 214 Å². The van der Waals surface area contributed by atoms with Crippen LogP contribution in [0.5, 0.6) is 0 Å². The number of halogens is 1. The van der Waals surface area contributed by atoms with Gasteiger partial charge in [-0.3, -0.25) is 9.59 Å². The van der Waals surface area contributed by atoms with Crippen molar-refractivity contribution in [2.75, 3.05) is 6.54 Å². The first-order chi connectivity index (χ1) is 17.6. The first kappa shape index (κ1) is 23.6. The number of para-hydroxylation sites is 1. The van der Waals surface area contributed by atoms with Crippen LogP contribution >= 0.6 is 11.6 Å². The fraction of sp³-hybridized carbons (Fsp3) is 0.138. The van der Waals surface area contributed by atoms with Gasteiger partial charge in [0.2, 0.25) is 0 Å². The Morgan fingerprint density at radius 1 is 1.00 bits per heavy atom. The lowest BCUT2D eigenvalue weighted by Gasteiger charge is -2.15. The van der Waals surface area contributed by atoms with E-state index in [0.29, 0.717) is 58.2 Å². The van der Waals surface area contributed by atoms with Gasteiger partial charge in [0, 0.05) is 30.2 Å². The van der Waals surface area contributed by atoms with Crippen molar-refractivity contribution in [1.82, 2.24) is 20.6 Å². The molecule has 3 aromatic carbocycles. The molecule has 4 aromatic rings. The summed E-state index contributed by atoms with van der Waals surface area (Å²) in [5.41, 5.74) is 5.02. The number of hydrogen-bond acceptors (Lipinski definition) is 4. The summed E-state index contributed by atoms with van der Waals surface area (Å²) in [6.45, 7) is 1.05. The van der Waals surface area contributed by atoms with Crippen molar-refractivity contribution in [3.63, 3.8) is 0 Å². The Hall–Kier alpha value is -4.16. The molecule has 0 unspecified atom stereocenters. The van der Waals surface area contributed by atoms with Crippen LogP contribution in [0.25, 0.3) is 16.6 Å². The summed E-state index contributed by atoms with van der Waals surface area (Å²) in [4.78, 5) is 33.9. The molecular weight excluding hydrogens is 472 g/mol. The highest BCUT2D eigenvalue weighted by Gasteiger charge is 2.23. The van der Waals surface area contributed by atoms with Gasteiger partial charge in [-0.05, 0) is 47.9 Å². The number of nitrogens with one attached hydrogen (secondary N) is 3. The number of imidazole rings is 1. The highest BCUT2D eigenvalue weighted by atomic mass is 35.5. The van der Waals surface area contributed by atoms with Crippen LogP contribution in [0, 0.1) is 0 Å². The lowest BCUT2D eigenvalue weighted by Crippen LogP contribution is -2.23. The SMILES string of the molecule is O=C1CC=CC(NCCc2cccc(Cl)c2)=C1c1nc2c(C(=O)NCc3ccccc3)cccc2[nH]1. The number of aromatic amines is 1. The van der Waals surface area contributed by atoms with E-state index in [0.717, 1.165) is 17.5 Å². The molecule has 7 heteroatoms. The number of H-pyrrole nitrogens is 1. The number of hydrogen-bond donors (Lipinski definition) is 3. The van der Waals surface area contributed by atoms with Crippen LogP contribution in [-0.4, -0.2) is 28.2 Å². The van der Waals surface area contributed by atoms with Crippen molar-refractivity contribution in [3.05, 3.63) is 118 Å². The third-order valence-corrected chi connectivity index (χ3v) is 6.28. The second kappa shape index (κ2) is 10.6. The number of allylic oxidation sites excluding steroid dienone is 3. The van der Waals surface area contributed by atoms with Gasteiger partial charge < -0.3 is 15.6 Å². The third-order valence-electron chi connectivity index (χ3n) is 6.04. The Morgan fingerprint density at radius 3 is 2.64 bits per heavy atom. The van der Waals surface area contributed by atoms with E-state index in [1.165, 1.54) is 0 Å². The van der Waals surface area contributed by atoms with E-state index < -0.39 is 0 Å². The Morgan fingerprint density at radius 2 is 1.81 bits per heavy atom. The minimum Gasteiger partial charge on any atom is -0.384 e. The number of amides is 1. The summed E-state index contributed by atoms with van der Waals surface area (Å²) >= 11 is 6.09. The molecule has 1 aromatic heterocycles. The average Bonchev–Trinajstić information content (AvgIpc) is 3.32. The van der Waals surface area contributed by atoms with Crippen molar-refractivity contribution < 1.29 is 9.59 Å². The first-order valence-corrected chi connectivity index (χ1v) is 12.2. The number of carbonyl (C=O) groups is 2. The number of ketones is 1. The van der Waals surface area contributed by atoms with Gasteiger partial charge in [0.1, 0.15) is 11.3 Å². The molecule has 0 spiro atoms. The summed E-state index contributed by atoms with van der Waals surface area (Å²) in [6, 6.07) is 22.9. The Kier molecular flexibility index (Phi) is 6.96. The zero-order chi connectivity index (χ0) is 24.9. The molecule has 36 heavy (non-hydrogen) atoms. The summed E-state index contributed by atoms with van der Waals surface area (Å²) in [7, 11) is 0. The van der Waals surface area contributed by atoms with E-state index in [-0.39, 0.29) is 11.7 Å². The number of carbonyl (C=O) groups excluding carboxylic acids is 2. The third kappa shape index (κ3) is 5.24. The highest BCUT2D eigenvalue weighted by molar-refractivity contribution is 6.30. The molecular formula is C29H25ClN4O2. The van der Waals surface area contributed by atoms with Crippen LogP contribution in [0.1, 0.15) is 33.7 Å². The molecule has 0 saturated heterocycles. The Bertz CT molecular complexity index is 1490. The van der Waals surface area contributed by atoms with Crippen LogP contribution in [0.15, 0.2) is 90.6 Å². The largest absolute Gasteiger partial charge is 0.384 e. The predicted octanol–water partition coefficient (Wildman–Crippen LogP) is 5.22. The van der Waals surface area contributed by atoms with Crippen molar-refractivity contribution in [1.29, 1.82) is 0 Å². The van der Waals surface area contributed by atoms with Crippen molar-refractivity contribution in [2.45, 2.75) is 19.4 Å². The van der Waals surface area contributed by atoms with Gasteiger partial charge in [0.25, 0.3) is 5.91 Å². The minimum absolute atomic E-state index is 0.0307. The van der Waals surface area contributed by atoms with Gasteiger partial charge in [-0.25, -0.2) is 4.98 Å². The van der Waals surface area contributed by atoms with Crippen molar-refractivity contribution in [2.24, 2.45) is 0 Å². The van der Waals surface area contributed by atoms with Gasteiger partial charge in [-0.2, -0.15) is 0 Å². The maximum absolute atomic E-state index is 13.0. The van der Waals surface area contributed by atoms with Gasteiger partial charge in [-0.1, -0.05) is 66.2 Å². The second-order valence-electron chi connectivity index (χ2n) is 8.58. The van der Waals surface area contributed by atoms with E-state index in [4.69, 9.17) is 16.6 Å². The van der Waals surface area contributed by atoms with Crippen molar-refractivity contribution >= 4 is 39.9 Å². The van der Waals surface area contributed by atoms with Crippen LogP contribution in [0.4, 0.5) is 0 Å². The molecule has 180 valence electrons. The smallest absolute Gasteiger partial charge is 0.253 e. The zero-order valence-corrected chi connectivity index (χ0v) is 20.3. The van der Waals surface area contributed by atoms with Crippen molar-refractivity contribution in [3.8, 4) is 0 Å². The molecule has 5 rings (SSSR count). The molecule has 1 aliphatic carbocycles. The Balaban J connectivity index is 1.39. The molecule has 0 fully saturated rings. The van der Waals surface area contributed by atoms with Crippen LogP contribution in [-0.2, 0) is 17.8 Å². The highest BCUT2D eigenvalue weighted by Crippen LogP contribution is 2.26. The fourth-order valence-electron chi connectivity index (χ4n) is 4.27. The maximum Gasteiger partial charge on any atom is 0.253 e. The minimum atomic E-state index is -0.216. The lowest BCUT2D eigenvalue weighted by atomic mass is 10.00. The van der Waals surface area contributed by atoms with Gasteiger partial charge in [-0.15, -0.1) is 0 Å². The number of nitrogens with zero attached hydrogens (tertiary/aromatic N) is 1. The van der Waals surface area contributed by atoms with Crippen LogP contribution in [0.3, 0.4) is 0 Å². The van der Waals surface area contributed by atoms with Crippen LogP contribution < -0.4 is 10.6 Å². The van der Waals surface area contributed by atoms with E-state index in [2.05, 4.69) is 15.6 Å². The number of fused-ring (bicyclic) bond motifs is 1. The molecule has 0 radical (unpaired) electrons. The number of Topliss-reactive ketones (excluding diaryl/α,β-unsaturated/α-hetero) is 1. The van der Waals surface area contributed by atoms with E-state index in [9.17, 15) is 9.59 Å². The molecule has 6 nitrogen and oxygen atoms in total. The lowest BCUT2D eigenvalue weighted by molar-refractivity contribution is -0.113. The van der Waals surface area contributed by atoms with E-state index >= 15 is 0 Å². The molecule has 0 atom stereocenters. The van der Waals surface area contributed by atoms with E-state index in [1.54, 1.807) is 6.07 Å². The summed E-state index contributed by atoms with van der Waals surface area (Å²) in [5, 5.41) is 7.03. The molecule has 0 saturated carbocycles. The molecule has 0 aliphatic heterocycles. The van der Waals surface area contributed by atoms with Gasteiger partial charge in [0.05, 0.1) is 16.7 Å². The number of aromatic nitrogens is 2. The summed E-state index contributed by atoms with van der Waals surface area (Å²) in [6.07, 6.45) is 4.82.